The maximum atomic E-state index is 13.0. The molecule has 0 spiro atoms. The third-order valence-corrected chi connectivity index (χ3v) is 5.58. The Balaban J connectivity index is 1.54. The number of hydrogen-bond acceptors (Lipinski definition) is 4. The first kappa shape index (κ1) is 18.5. The van der Waals surface area contributed by atoms with Crippen molar-refractivity contribution in [1.82, 2.24) is 14.4 Å². The second kappa shape index (κ2) is 7.62. The van der Waals surface area contributed by atoms with Crippen LogP contribution < -0.4 is 4.90 Å². The maximum absolute atomic E-state index is 13.0. The molecule has 6 heteroatoms. The van der Waals surface area contributed by atoms with Crippen molar-refractivity contribution in [3.8, 4) is 5.75 Å². The van der Waals surface area contributed by atoms with E-state index in [1.165, 1.54) is 5.70 Å². The highest BCUT2D eigenvalue weighted by Crippen LogP contribution is 2.30. The zero-order valence-corrected chi connectivity index (χ0v) is 16.6. The third kappa shape index (κ3) is 3.46. The number of piperazine rings is 1. The molecule has 4 rings (SSSR count). The predicted molar refractivity (Wildman–Crippen MR) is 111 cm³/mol. The van der Waals surface area contributed by atoms with Gasteiger partial charge < -0.3 is 24.4 Å². The molecule has 1 amide bonds. The number of benzene rings is 1. The minimum Gasteiger partial charge on any atom is -0.508 e. The number of amides is 1. The van der Waals surface area contributed by atoms with E-state index in [4.69, 9.17) is 0 Å². The van der Waals surface area contributed by atoms with Crippen molar-refractivity contribution in [3.05, 3.63) is 53.9 Å². The minimum absolute atomic E-state index is 0.131. The van der Waals surface area contributed by atoms with Gasteiger partial charge in [-0.05, 0) is 36.8 Å². The summed E-state index contributed by atoms with van der Waals surface area (Å²) in [6, 6.07) is 7.40. The van der Waals surface area contributed by atoms with E-state index < -0.39 is 0 Å². The number of phenolic OH excluding ortho intramolecular Hbond substituents is 1. The van der Waals surface area contributed by atoms with E-state index in [0.717, 1.165) is 56.0 Å². The Morgan fingerprint density at radius 2 is 1.61 bits per heavy atom. The van der Waals surface area contributed by atoms with Crippen LogP contribution in [0.15, 0.2) is 42.7 Å². The van der Waals surface area contributed by atoms with Crippen molar-refractivity contribution < 1.29 is 9.90 Å². The quantitative estimate of drug-likeness (QED) is 0.886. The molecule has 1 aromatic heterocycles. The zero-order chi connectivity index (χ0) is 19.7. The Bertz CT molecular complexity index is 876. The van der Waals surface area contributed by atoms with Crippen LogP contribution in [0.25, 0.3) is 5.70 Å². The van der Waals surface area contributed by atoms with Gasteiger partial charge in [0.05, 0.1) is 5.56 Å². The number of anilines is 1. The van der Waals surface area contributed by atoms with Crippen molar-refractivity contribution >= 4 is 17.3 Å². The van der Waals surface area contributed by atoms with Crippen molar-refractivity contribution in [2.75, 3.05) is 44.2 Å². The largest absolute Gasteiger partial charge is 0.508 e. The van der Waals surface area contributed by atoms with Crippen LogP contribution in [-0.2, 0) is 7.05 Å². The van der Waals surface area contributed by atoms with Crippen LogP contribution in [0, 0.1) is 0 Å². The molecule has 3 heterocycles. The van der Waals surface area contributed by atoms with Crippen LogP contribution in [0.5, 0.6) is 5.75 Å². The highest BCUT2D eigenvalue weighted by atomic mass is 16.3. The molecule has 0 saturated carbocycles. The summed E-state index contributed by atoms with van der Waals surface area (Å²) in [5.74, 6) is 0.426. The molecule has 1 N–H and O–H groups in total. The molecule has 6 nitrogen and oxygen atoms in total. The van der Waals surface area contributed by atoms with Crippen LogP contribution in [0.3, 0.4) is 0 Å². The first-order valence-electron chi connectivity index (χ1n) is 10.0. The molecule has 28 heavy (non-hydrogen) atoms. The molecule has 1 aromatic carbocycles. The van der Waals surface area contributed by atoms with Gasteiger partial charge in [-0.2, -0.15) is 0 Å². The van der Waals surface area contributed by atoms with E-state index in [9.17, 15) is 9.90 Å². The fourth-order valence-electron chi connectivity index (χ4n) is 4.15. The molecule has 0 radical (unpaired) electrons. The molecule has 1 saturated heterocycles. The van der Waals surface area contributed by atoms with Gasteiger partial charge in [0.1, 0.15) is 5.75 Å². The van der Waals surface area contributed by atoms with Gasteiger partial charge in [0.25, 0.3) is 5.91 Å². The smallest absolute Gasteiger partial charge is 0.256 e. The number of carbonyl (C=O) groups is 1. The van der Waals surface area contributed by atoms with Crippen LogP contribution in [0.2, 0.25) is 0 Å². The number of rotatable bonds is 4. The lowest BCUT2D eigenvalue weighted by Gasteiger charge is -2.38. The van der Waals surface area contributed by atoms with Gasteiger partial charge in [0, 0.05) is 75.7 Å². The molecular weight excluding hydrogens is 352 g/mol. The average molecular weight is 380 g/mol. The Morgan fingerprint density at radius 1 is 0.964 bits per heavy atom. The SMILES string of the molecule is CCCN1CC=C(N2CCN(c3ccc(O)cc3)CC2)c2cn(C)cc2C1=O. The highest BCUT2D eigenvalue weighted by Gasteiger charge is 2.28. The van der Waals surface area contributed by atoms with E-state index in [1.54, 1.807) is 12.1 Å². The number of hydrogen-bond donors (Lipinski definition) is 1. The molecule has 2 aliphatic heterocycles. The zero-order valence-electron chi connectivity index (χ0n) is 16.6. The van der Waals surface area contributed by atoms with Crippen molar-refractivity contribution in [2.45, 2.75) is 13.3 Å². The molecule has 0 unspecified atom stereocenters. The Hall–Kier alpha value is -2.89. The van der Waals surface area contributed by atoms with Gasteiger partial charge in [0.2, 0.25) is 0 Å². The summed E-state index contributed by atoms with van der Waals surface area (Å²) in [6.07, 6.45) is 7.20. The van der Waals surface area contributed by atoms with Gasteiger partial charge in [-0.25, -0.2) is 0 Å². The highest BCUT2D eigenvalue weighted by molar-refractivity contribution is 6.00. The second-order valence-corrected chi connectivity index (χ2v) is 7.58. The van der Waals surface area contributed by atoms with Gasteiger partial charge in [-0.1, -0.05) is 6.92 Å². The predicted octanol–water partition coefficient (Wildman–Crippen LogP) is 2.76. The molecule has 2 aromatic rings. The number of nitrogens with zero attached hydrogens (tertiary/aromatic N) is 4. The molecular formula is C22H28N4O2. The Labute approximate surface area is 166 Å². The lowest BCUT2D eigenvalue weighted by atomic mass is 10.1. The van der Waals surface area contributed by atoms with E-state index in [-0.39, 0.29) is 5.91 Å². The molecule has 0 bridgehead atoms. The molecule has 148 valence electrons. The maximum Gasteiger partial charge on any atom is 0.256 e. The summed E-state index contributed by atoms with van der Waals surface area (Å²) < 4.78 is 1.98. The number of phenols is 1. The normalized spacial score (nSPS) is 17.4. The van der Waals surface area contributed by atoms with E-state index >= 15 is 0 Å². The Kier molecular flexibility index (Phi) is 5.03. The summed E-state index contributed by atoms with van der Waals surface area (Å²) in [7, 11) is 1.98. The monoisotopic (exact) mass is 380 g/mol. The van der Waals surface area contributed by atoms with Crippen LogP contribution in [0.1, 0.15) is 29.3 Å². The molecule has 1 fully saturated rings. The average Bonchev–Trinajstić information content (AvgIpc) is 3.04. The number of aromatic nitrogens is 1. The standard InChI is InChI=1S/C22H28N4O2/c1-3-9-26-10-8-21(19-15-23(2)16-20(19)22(26)28)25-13-11-24(12-14-25)17-4-6-18(27)7-5-17/h4-8,15-16,27H,3,9-14H2,1-2H3. The third-order valence-electron chi connectivity index (χ3n) is 5.58. The lowest BCUT2D eigenvalue weighted by molar-refractivity contribution is 0.0775. The number of aryl methyl sites for hydroxylation is 1. The summed E-state index contributed by atoms with van der Waals surface area (Å²) in [4.78, 5) is 19.7. The van der Waals surface area contributed by atoms with Gasteiger partial charge in [-0.15, -0.1) is 0 Å². The minimum atomic E-state index is 0.131. The number of aromatic hydroxyl groups is 1. The first-order valence-corrected chi connectivity index (χ1v) is 10.0. The van der Waals surface area contributed by atoms with Gasteiger partial charge in [0.15, 0.2) is 0 Å². The summed E-state index contributed by atoms with van der Waals surface area (Å²) >= 11 is 0. The van der Waals surface area contributed by atoms with Crippen molar-refractivity contribution in [2.24, 2.45) is 7.05 Å². The Morgan fingerprint density at radius 3 is 2.29 bits per heavy atom. The lowest BCUT2D eigenvalue weighted by Crippen LogP contribution is -2.45. The fraction of sp³-hybridized carbons (Fsp3) is 0.409. The summed E-state index contributed by atoms with van der Waals surface area (Å²) in [5.41, 5.74) is 4.16. The topological polar surface area (TPSA) is 52.0 Å². The van der Waals surface area contributed by atoms with Crippen molar-refractivity contribution in [3.63, 3.8) is 0 Å². The van der Waals surface area contributed by atoms with E-state index in [0.29, 0.717) is 12.3 Å². The van der Waals surface area contributed by atoms with E-state index in [1.807, 2.05) is 34.8 Å². The second-order valence-electron chi connectivity index (χ2n) is 7.58. The summed E-state index contributed by atoms with van der Waals surface area (Å²) in [5, 5.41) is 9.50. The van der Waals surface area contributed by atoms with Crippen LogP contribution in [-0.4, -0.2) is 64.6 Å². The van der Waals surface area contributed by atoms with Crippen LogP contribution in [0.4, 0.5) is 5.69 Å². The van der Waals surface area contributed by atoms with E-state index in [2.05, 4.69) is 29.0 Å². The van der Waals surface area contributed by atoms with Gasteiger partial charge in [-0.3, -0.25) is 4.79 Å². The van der Waals surface area contributed by atoms with Gasteiger partial charge >= 0.3 is 0 Å². The molecule has 0 atom stereocenters. The number of carbonyl (C=O) groups excluding carboxylic acids is 1. The van der Waals surface area contributed by atoms with Crippen LogP contribution >= 0.6 is 0 Å². The summed E-state index contributed by atoms with van der Waals surface area (Å²) in [6.45, 7) is 7.20. The number of fused-ring (bicyclic) bond motifs is 1. The molecule has 2 aliphatic rings. The first-order chi connectivity index (χ1) is 13.6. The molecule has 0 aliphatic carbocycles. The van der Waals surface area contributed by atoms with Crippen molar-refractivity contribution in [1.29, 1.82) is 0 Å². The fourth-order valence-corrected chi connectivity index (χ4v) is 4.15.